The van der Waals surface area contributed by atoms with Crippen molar-refractivity contribution < 1.29 is 4.55 Å². The summed E-state index contributed by atoms with van der Waals surface area (Å²) < 4.78 is 14.9. The Labute approximate surface area is 138 Å². The fraction of sp³-hybridized carbons (Fsp3) is 0.312. The number of aryl methyl sites for hydroxylation is 1. The van der Waals surface area contributed by atoms with E-state index in [-0.39, 0.29) is 0 Å². The molecule has 0 saturated carbocycles. The number of rotatable bonds is 3. The van der Waals surface area contributed by atoms with E-state index >= 15 is 0 Å². The second kappa shape index (κ2) is 6.98. The molecule has 2 heterocycles. The quantitative estimate of drug-likeness (QED) is 0.692. The lowest BCUT2D eigenvalue weighted by Crippen LogP contribution is -2.46. The van der Waals surface area contributed by atoms with E-state index in [9.17, 15) is 4.55 Å². The second-order valence-corrected chi connectivity index (χ2v) is 7.12. The number of halogens is 1. The summed E-state index contributed by atoms with van der Waals surface area (Å²) in [6, 6.07) is 9.77. The summed E-state index contributed by atoms with van der Waals surface area (Å²) in [4.78, 5) is 4.87. The van der Waals surface area contributed by atoms with Gasteiger partial charge in [0.05, 0.1) is 24.5 Å². The van der Waals surface area contributed by atoms with Crippen molar-refractivity contribution in [2.24, 2.45) is 0 Å². The Morgan fingerprint density at radius 3 is 2.64 bits per heavy atom. The van der Waals surface area contributed by atoms with E-state index in [0.717, 1.165) is 47.8 Å². The lowest BCUT2D eigenvalue weighted by Gasteiger charge is -2.28. The first-order valence-electron chi connectivity index (χ1n) is 7.25. The van der Waals surface area contributed by atoms with Crippen LogP contribution in [0.15, 0.2) is 41.4 Å². The van der Waals surface area contributed by atoms with Crippen LogP contribution in [0, 0.1) is 6.92 Å². The summed E-state index contributed by atoms with van der Waals surface area (Å²) >= 11 is 4.84. The number of piperazine rings is 1. The molecule has 0 radical (unpaired) electrons. The molecule has 1 aliphatic rings. The van der Waals surface area contributed by atoms with E-state index in [1.54, 1.807) is 6.20 Å². The van der Waals surface area contributed by atoms with Crippen molar-refractivity contribution in [3.05, 3.63) is 47.2 Å². The molecule has 6 heteroatoms. The average Bonchev–Trinajstić information content (AvgIpc) is 2.55. The van der Waals surface area contributed by atoms with E-state index in [4.69, 9.17) is 11.6 Å². The summed E-state index contributed by atoms with van der Waals surface area (Å²) in [7, 11) is 0. The first kappa shape index (κ1) is 15.8. The first-order valence-corrected chi connectivity index (χ1v) is 8.74. The van der Waals surface area contributed by atoms with Crippen LogP contribution in [0.5, 0.6) is 0 Å². The molecule has 22 heavy (non-hydrogen) atoms. The van der Waals surface area contributed by atoms with Crippen molar-refractivity contribution in [3.63, 3.8) is 0 Å². The van der Waals surface area contributed by atoms with Crippen molar-refractivity contribution in [1.82, 2.24) is 14.6 Å². The van der Waals surface area contributed by atoms with Crippen LogP contribution in [0.2, 0.25) is 5.15 Å². The van der Waals surface area contributed by atoms with Crippen LogP contribution in [0.4, 0.5) is 0 Å². The number of nitrogens with zero attached hydrogens (tertiary/aromatic N) is 2. The normalized spacial score (nSPS) is 17.4. The van der Waals surface area contributed by atoms with Gasteiger partial charge < -0.3 is 9.87 Å². The molecular formula is C16H18ClN3OS. The highest BCUT2D eigenvalue weighted by Gasteiger charge is 2.26. The molecule has 1 fully saturated rings. The Morgan fingerprint density at radius 1 is 1.18 bits per heavy atom. The molecule has 0 bridgehead atoms. The fourth-order valence-corrected chi connectivity index (χ4v) is 4.04. The van der Waals surface area contributed by atoms with Crippen LogP contribution in [-0.2, 0) is 11.4 Å². The highest BCUT2D eigenvalue weighted by atomic mass is 35.5. The number of hydrogen-bond donors (Lipinski definition) is 1. The molecule has 1 saturated heterocycles. The first-order chi connectivity index (χ1) is 10.6. The van der Waals surface area contributed by atoms with Crippen LogP contribution in [0.25, 0.3) is 11.1 Å². The van der Waals surface area contributed by atoms with E-state index in [1.807, 2.05) is 41.6 Å². The molecule has 0 aliphatic carbocycles. The average molecular weight is 336 g/mol. The molecule has 1 N–H and O–H groups in total. The van der Waals surface area contributed by atoms with Gasteiger partial charge in [0, 0.05) is 30.9 Å². The van der Waals surface area contributed by atoms with Gasteiger partial charge in [-0.2, -0.15) is 0 Å². The van der Waals surface area contributed by atoms with Gasteiger partial charge in [-0.25, -0.2) is 4.98 Å². The van der Waals surface area contributed by atoms with Crippen molar-refractivity contribution >= 4 is 23.0 Å². The fourth-order valence-electron chi connectivity index (χ4n) is 2.50. The zero-order chi connectivity index (χ0) is 15.5. The zero-order valence-corrected chi connectivity index (χ0v) is 14.0. The van der Waals surface area contributed by atoms with E-state index in [0.29, 0.717) is 5.15 Å². The Hall–Kier alpha value is -1.11. The molecule has 2 aromatic rings. The van der Waals surface area contributed by atoms with Crippen molar-refractivity contribution in [2.45, 2.75) is 11.8 Å². The molecule has 4 nitrogen and oxygen atoms in total. The predicted molar refractivity (Wildman–Crippen MR) is 90.3 cm³/mol. The summed E-state index contributed by atoms with van der Waals surface area (Å²) in [6.07, 6.45) is 1.68. The molecule has 116 valence electrons. The lowest BCUT2D eigenvalue weighted by atomic mass is 10.1. The van der Waals surface area contributed by atoms with Gasteiger partial charge in [-0.15, -0.1) is 4.31 Å². The SMILES string of the molecule is Cc1ccc(-c2ccnc(Cl)c2)cc1[S+]([O-])N1CCNCC1. The molecule has 3 rings (SSSR count). The van der Waals surface area contributed by atoms with Crippen molar-refractivity contribution in [2.75, 3.05) is 26.2 Å². The van der Waals surface area contributed by atoms with Gasteiger partial charge >= 0.3 is 0 Å². The molecule has 0 spiro atoms. The minimum atomic E-state index is -1.13. The summed E-state index contributed by atoms with van der Waals surface area (Å²) in [5, 5.41) is 3.74. The Morgan fingerprint density at radius 2 is 1.91 bits per heavy atom. The monoisotopic (exact) mass is 335 g/mol. The molecule has 1 atom stereocenters. The number of aromatic nitrogens is 1. The highest BCUT2D eigenvalue weighted by molar-refractivity contribution is 7.89. The molecule has 1 aromatic heterocycles. The van der Waals surface area contributed by atoms with E-state index in [1.165, 1.54) is 0 Å². The Kier molecular flexibility index (Phi) is 5.00. The Balaban J connectivity index is 1.92. The maximum atomic E-state index is 12.8. The van der Waals surface area contributed by atoms with Crippen molar-refractivity contribution in [3.8, 4) is 11.1 Å². The van der Waals surface area contributed by atoms with Gasteiger partial charge in [-0.05, 0) is 30.2 Å². The molecular weight excluding hydrogens is 318 g/mol. The minimum Gasteiger partial charge on any atom is -0.593 e. The number of pyridine rings is 1. The summed E-state index contributed by atoms with van der Waals surface area (Å²) in [6.45, 7) is 5.36. The number of nitrogens with one attached hydrogen (secondary N) is 1. The molecule has 1 unspecified atom stereocenters. The largest absolute Gasteiger partial charge is 0.593 e. The third-order valence-corrected chi connectivity index (χ3v) is 5.60. The topological polar surface area (TPSA) is 51.2 Å². The van der Waals surface area contributed by atoms with Gasteiger partial charge in [0.15, 0.2) is 4.90 Å². The Bertz CT molecular complexity index is 662. The predicted octanol–water partition coefficient (Wildman–Crippen LogP) is 2.64. The number of hydrogen-bond acceptors (Lipinski definition) is 4. The zero-order valence-electron chi connectivity index (χ0n) is 12.4. The smallest absolute Gasteiger partial charge is 0.177 e. The molecule has 1 aromatic carbocycles. The van der Waals surface area contributed by atoms with E-state index < -0.39 is 11.4 Å². The standard InChI is InChI=1S/C16H18ClN3OS/c1-12-2-3-13(14-4-5-19-16(17)11-14)10-15(12)22(21)20-8-6-18-7-9-20/h2-5,10-11,18H,6-9H2,1H3. The van der Waals surface area contributed by atoms with Crippen LogP contribution >= 0.6 is 11.6 Å². The summed E-state index contributed by atoms with van der Waals surface area (Å²) in [5.41, 5.74) is 3.03. The van der Waals surface area contributed by atoms with E-state index in [2.05, 4.69) is 10.3 Å². The second-order valence-electron chi connectivity index (χ2n) is 5.28. The molecule has 1 aliphatic heterocycles. The van der Waals surface area contributed by atoms with Gasteiger partial charge in [0.2, 0.25) is 0 Å². The third-order valence-electron chi connectivity index (χ3n) is 3.75. The number of benzene rings is 1. The van der Waals surface area contributed by atoms with Crippen molar-refractivity contribution in [1.29, 1.82) is 0 Å². The lowest BCUT2D eigenvalue weighted by molar-refractivity contribution is 0.360. The third kappa shape index (κ3) is 3.45. The van der Waals surface area contributed by atoms with Gasteiger partial charge in [-0.1, -0.05) is 23.7 Å². The van der Waals surface area contributed by atoms with Crippen LogP contribution < -0.4 is 5.32 Å². The molecule has 0 amide bonds. The highest BCUT2D eigenvalue weighted by Crippen LogP contribution is 2.28. The maximum absolute atomic E-state index is 12.8. The van der Waals surface area contributed by atoms with Gasteiger partial charge in [0.25, 0.3) is 0 Å². The van der Waals surface area contributed by atoms with Crippen LogP contribution in [0.1, 0.15) is 5.56 Å². The van der Waals surface area contributed by atoms with Crippen LogP contribution in [0.3, 0.4) is 0 Å². The minimum absolute atomic E-state index is 0.461. The van der Waals surface area contributed by atoms with Gasteiger partial charge in [0.1, 0.15) is 5.15 Å². The van der Waals surface area contributed by atoms with Crippen LogP contribution in [-0.4, -0.2) is 40.0 Å². The summed E-state index contributed by atoms with van der Waals surface area (Å²) in [5.74, 6) is 0. The van der Waals surface area contributed by atoms with Gasteiger partial charge in [-0.3, -0.25) is 0 Å². The maximum Gasteiger partial charge on any atom is 0.177 e.